The lowest BCUT2D eigenvalue weighted by molar-refractivity contribution is -0.135. The Kier molecular flexibility index (Phi) is 9.64. The zero-order chi connectivity index (χ0) is 21.9. The van der Waals surface area contributed by atoms with Crippen LogP contribution in [0.2, 0.25) is 0 Å². The van der Waals surface area contributed by atoms with Crippen molar-refractivity contribution in [1.82, 2.24) is 9.47 Å². The van der Waals surface area contributed by atoms with Crippen LogP contribution in [0.5, 0.6) is 0 Å². The minimum Gasteiger partial charge on any atom is -0.345 e. The molecular weight excluding hydrogens is 387 g/mol. The molecule has 1 fully saturated rings. The first-order valence-electron chi connectivity index (χ1n) is 12.4. The molecule has 1 aromatic heterocycles. The van der Waals surface area contributed by atoms with Gasteiger partial charge in [0.05, 0.1) is 6.54 Å². The van der Waals surface area contributed by atoms with Crippen molar-refractivity contribution in [3.8, 4) is 0 Å². The van der Waals surface area contributed by atoms with E-state index in [1.807, 2.05) is 18.3 Å². The summed E-state index contributed by atoms with van der Waals surface area (Å²) in [7, 11) is 0. The van der Waals surface area contributed by atoms with E-state index in [-0.39, 0.29) is 5.82 Å². The molecular formula is C27H39FN2O. The smallest absolute Gasteiger partial charge is 0.223 e. The van der Waals surface area contributed by atoms with Crippen LogP contribution in [-0.4, -0.2) is 21.4 Å². The van der Waals surface area contributed by atoms with Crippen molar-refractivity contribution in [1.29, 1.82) is 0 Å². The van der Waals surface area contributed by atoms with Gasteiger partial charge in [0.1, 0.15) is 5.82 Å². The Balaban J connectivity index is 1.63. The van der Waals surface area contributed by atoms with Gasteiger partial charge < -0.3 is 9.47 Å². The summed E-state index contributed by atoms with van der Waals surface area (Å²) >= 11 is 0. The highest BCUT2D eigenvalue weighted by Crippen LogP contribution is 2.26. The first-order valence-corrected chi connectivity index (χ1v) is 12.4. The quantitative estimate of drug-likeness (QED) is 0.333. The number of unbranched alkanes of at least 4 members (excludes halogenated alkanes) is 5. The first kappa shape index (κ1) is 23.6. The normalized spacial score (nSPS) is 14.6. The molecule has 0 unspecified atom stereocenters. The van der Waals surface area contributed by atoms with E-state index in [9.17, 15) is 9.18 Å². The van der Waals surface area contributed by atoms with Gasteiger partial charge in [-0.15, -0.1) is 0 Å². The summed E-state index contributed by atoms with van der Waals surface area (Å²) in [4.78, 5) is 15.4. The Hall–Kier alpha value is -2.10. The molecule has 0 bridgehead atoms. The van der Waals surface area contributed by atoms with Crippen LogP contribution in [0, 0.1) is 5.82 Å². The van der Waals surface area contributed by atoms with Crippen LogP contribution in [0.3, 0.4) is 0 Å². The predicted molar refractivity (Wildman–Crippen MR) is 125 cm³/mol. The molecule has 0 atom stereocenters. The van der Waals surface area contributed by atoms with Gasteiger partial charge in [-0.25, -0.2) is 4.39 Å². The number of hydrogen-bond acceptors (Lipinski definition) is 1. The average Bonchev–Trinajstić information content (AvgIpc) is 3.21. The minimum atomic E-state index is -0.204. The molecule has 0 spiro atoms. The maximum Gasteiger partial charge on any atom is 0.223 e. The highest BCUT2D eigenvalue weighted by atomic mass is 19.1. The second-order valence-electron chi connectivity index (χ2n) is 9.09. The fourth-order valence-electron chi connectivity index (χ4n) is 4.77. The average molecular weight is 427 g/mol. The van der Waals surface area contributed by atoms with Crippen molar-refractivity contribution in [3.05, 3.63) is 59.7 Å². The molecule has 1 saturated carbocycles. The Morgan fingerprint density at radius 3 is 2.58 bits per heavy atom. The third kappa shape index (κ3) is 7.52. The van der Waals surface area contributed by atoms with Crippen molar-refractivity contribution >= 4 is 5.91 Å². The maximum atomic E-state index is 13.6. The van der Waals surface area contributed by atoms with Crippen molar-refractivity contribution in [3.63, 3.8) is 0 Å². The van der Waals surface area contributed by atoms with Crippen LogP contribution in [0.15, 0.2) is 42.6 Å². The molecule has 1 amide bonds. The first-order chi connectivity index (χ1) is 15.2. The standard InChI is InChI=1S/C27H39FN2O/c1-2-3-4-5-6-10-18-27(31)30(25-15-8-7-9-16-25)22-26-17-12-19-29(26)21-23-13-11-14-24(28)20-23/h11-14,17,19-20,25H,2-10,15-16,18,21-22H2,1H3. The van der Waals surface area contributed by atoms with Crippen molar-refractivity contribution in [2.75, 3.05) is 0 Å². The Morgan fingerprint density at radius 2 is 1.81 bits per heavy atom. The summed E-state index contributed by atoms with van der Waals surface area (Å²) in [5, 5.41) is 0. The van der Waals surface area contributed by atoms with Crippen molar-refractivity contribution < 1.29 is 9.18 Å². The van der Waals surface area contributed by atoms with Gasteiger partial charge in [-0.05, 0) is 49.1 Å². The summed E-state index contributed by atoms with van der Waals surface area (Å²) in [6.45, 7) is 3.52. The monoisotopic (exact) mass is 426 g/mol. The second-order valence-corrected chi connectivity index (χ2v) is 9.09. The molecule has 3 nitrogen and oxygen atoms in total. The summed E-state index contributed by atoms with van der Waals surface area (Å²) in [6, 6.07) is 11.3. The largest absolute Gasteiger partial charge is 0.345 e. The molecule has 0 N–H and O–H groups in total. The zero-order valence-corrected chi connectivity index (χ0v) is 19.2. The number of hydrogen-bond donors (Lipinski definition) is 0. The third-order valence-electron chi connectivity index (χ3n) is 6.58. The van der Waals surface area contributed by atoms with Crippen LogP contribution in [-0.2, 0) is 17.9 Å². The molecule has 170 valence electrons. The molecule has 2 aromatic rings. The fraction of sp³-hybridized carbons (Fsp3) is 0.593. The molecule has 4 heteroatoms. The van der Waals surface area contributed by atoms with Crippen LogP contribution >= 0.6 is 0 Å². The summed E-state index contributed by atoms with van der Waals surface area (Å²) in [5.41, 5.74) is 2.08. The van der Waals surface area contributed by atoms with Crippen LogP contribution in [0.4, 0.5) is 4.39 Å². The molecule has 1 heterocycles. The van der Waals surface area contributed by atoms with Crippen LogP contribution < -0.4 is 0 Å². The molecule has 0 radical (unpaired) electrons. The van der Waals surface area contributed by atoms with Crippen molar-refractivity contribution in [2.45, 2.75) is 103 Å². The Morgan fingerprint density at radius 1 is 1.03 bits per heavy atom. The van der Waals surface area contributed by atoms with Gasteiger partial charge in [0, 0.05) is 30.9 Å². The molecule has 0 saturated heterocycles. The van der Waals surface area contributed by atoms with E-state index >= 15 is 0 Å². The number of carbonyl (C=O) groups is 1. The number of benzene rings is 1. The Labute approximate surface area is 187 Å². The molecule has 3 rings (SSSR count). The highest BCUT2D eigenvalue weighted by molar-refractivity contribution is 5.76. The van der Waals surface area contributed by atoms with Gasteiger partial charge in [-0.3, -0.25) is 4.79 Å². The highest BCUT2D eigenvalue weighted by Gasteiger charge is 2.26. The predicted octanol–water partition coefficient (Wildman–Crippen LogP) is 7.09. The SMILES string of the molecule is CCCCCCCCC(=O)N(Cc1cccn1Cc1cccc(F)c1)C1CCCCC1. The zero-order valence-electron chi connectivity index (χ0n) is 19.2. The van der Waals surface area contributed by atoms with E-state index in [0.29, 0.717) is 31.5 Å². The van der Waals surface area contributed by atoms with Gasteiger partial charge in [0.25, 0.3) is 0 Å². The van der Waals surface area contributed by atoms with E-state index in [4.69, 9.17) is 0 Å². The fourth-order valence-corrected chi connectivity index (χ4v) is 4.77. The van der Waals surface area contributed by atoms with E-state index in [1.165, 1.54) is 51.0 Å². The van der Waals surface area contributed by atoms with E-state index in [2.05, 4.69) is 22.5 Å². The third-order valence-corrected chi connectivity index (χ3v) is 6.58. The van der Waals surface area contributed by atoms with Gasteiger partial charge in [-0.2, -0.15) is 0 Å². The van der Waals surface area contributed by atoms with E-state index in [0.717, 1.165) is 36.9 Å². The van der Waals surface area contributed by atoms with E-state index in [1.54, 1.807) is 12.1 Å². The lowest BCUT2D eigenvalue weighted by Gasteiger charge is -2.35. The van der Waals surface area contributed by atoms with Gasteiger partial charge >= 0.3 is 0 Å². The molecule has 31 heavy (non-hydrogen) atoms. The van der Waals surface area contributed by atoms with E-state index < -0.39 is 0 Å². The molecule has 1 aliphatic carbocycles. The summed E-state index contributed by atoms with van der Waals surface area (Å²) in [6.07, 6.45) is 15.9. The van der Waals surface area contributed by atoms with Gasteiger partial charge in [0.15, 0.2) is 0 Å². The topological polar surface area (TPSA) is 25.2 Å². The van der Waals surface area contributed by atoms with Gasteiger partial charge in [-0.1, -0.05) is 70.4 Å². The molecule has 0 aliphatic heterocycles. The number of amides is 1. The number of carbonyl (C=O) groups excluding carboxylic acids is 1. The van der Waals surface area contributed by atoms with Crippen LogP contribution in [0.1, 0.15) is 95.2 Å². The number of aromatic nitrogens is 1. The van der Waals surface area contributed by atoms with Gasteiger partial charge in [0.2, 0.25) is 5.91 Å². The van der Waals surface area contributed by atoms with Crippen LogP contribution in [0.25, 0.3) is 0 Å². The lowest BCUT2D eigenvalue weighted by Crippen LogP contribution is -2.41. The number of halogens is 1. The van der Waals surface area contributed by atoms with Crippen molar-refractivity contribution in [2.24, 2.45) is 0 Å². The summed E-state index contributed by atoms with van der Waals surface area (Å²) < 4.78 is 15.8. The molecule has 1 aromatic carbocycles. The second kappa shape index (κ2) is 12.7. The Bertz CT molecular complexity index is 794. The lowest BCUT2D eigenvalue weighted by atomic mass is 9.93. The number of rotatable bonds is 12. The number of nitrogens with zero attached hydrogens (tertiary/aromatic N) is 2. The maximum absolute atomic E-state index is 13.6. The minimum absolute atomic E-state index is 0.204. The molecule has 1 aliphatic rings. The summed E-state index contributed by atoms with van der Waals surface area (Å²) in [5.74, 6) is 0.102.